The maximum Gasteiger partial charge on any atom is 0.315 e. The maximum absolute atomic E-state index is 12.1. The van der Waals surface area contributed by atoms with E-state index in [-0.39, 0.29) is 0 Å². The lowest BCUT2D eigenvalue weighted by molar-refractivity contribution is -0.138. The summed E-state index contributed by atoms with van der Waals surface area (Å²) in [5.41, 5.74) is 0.476. The second kappa shape index (κ2) is 5.93. The van der Waals surface area contributed by atoms with Crippen LogP contribution in [0.5, 0.6) is 0 Å². The van der Waals surface area contributed by atoms with Crippen molar-refractivity contribution >= 4 is 11.9 Å². The lowest BCUT2D eigenvalue weighted by atomic mass is 10.0. The second-order valence-corrected chi connectivity index (χ2v) is 3.37. The summed E-state index contributed by atoms with van der Waals surface area (Å²) in [6.45, 7) is 0. The summed E-state index contributed by atoms with van der Waals surface area (Å²) in [6.07, 6.45) is -3.60. The third kappa shape index (κ3) is 4.18. The van der Waals surface area contributed by atoms with E-state index in [2.05, 4.69) is 0 Å². The van der Waals surface area contributed by atoms with Crippen LogP contribution in [0.2, 0.25) is 0 Å². The highest BCUT2D eigenvalue weighted by Crippen LogP contribution is 2.16. The van der Waals surface area contributed by atoms with E-state index in [0.29, 0.717) is 5.56 Å². The summed E-state index contributed by atoms with van der Waals surface area (Å²) in [5, 5.41) is 10.7. The fraction of sp³-hybridized carbons (Fsp3) is 0.273. The number of hydrogen-bond acceptors (Lipinski definition) is 2. The number of carbonyl (C=O) groups excluding carboxylic acids is 1. The van der Waals surface area contributed by atoms with Crippen molar-refractivity contribution in [3.8, 4) is 0 Å². The van der Waals surface area contributed by atoms with Gasteiger partial charge in [0.2, 0.25) is 0 Å². The first-order valence-electron chi connectivity index (χ1n) is 4.86. The molecular formula is C11H11F2NO3. The van der Waals surface area contributed by atoms with Crippen molar-refractivity contribution in [2.24, 2.45) is 0 Å². The van der Waals surface area contributed by atoms with Crippen LogP contribution in [0.15, 0.2) is 30.3 Å². The van der Waals surface area contributed by atoms with Crippen LogP contribution in [-0.4, -0.2) is 23.4 Å². The van der Waals surface area contributed by atoms with E-state index in [1.807, 2.05) is 5.32 Å². The summed E-state index contributed by atoms with van der Waals surface area (Å²) < 4.78 is 24.2. The predicted molar refractivity (Wildman–Crippen MR) is 55.6 cm³/mol. The van der Waals surface area contributed by atoms with E-state index in [1.54, 1.807) is 30.3 Å². The van der Waals surface area contributed by atoms with Crippen LogP contribution >= 0.6 is 0 Å². The molecule has 1 atom stereocenters. The Hall–Kier alpha value is -1.98. The molecule has 1 amide bonds. The summed E-state index contributed by atoms with van der Waals surface area (Å²) in [4.78, 5) is 21.4. The first kappa shape index (κ1) is 13.1. The molecular weight excluding hydrogens is 232 g/mol. The molecule has 0 aliphatic carbocycles. The van der Waals surface area contributed by atoms with E-state index >= 15 is 0 Å². The van der Waals surface area contributed by atoms with E-state index in [9.17, 15) is 18.4 Å². The highest BCUT2D eigenvalue weighted by molar-refractivity contribution is 5.80. The Morgan fingerprint density at radius 1 is 1.24 bits per heavy atom. The molecule has 0 saturated carbocycles. The molecule has 1 unspecified atom stereocenters. The molecule has 0 spiro atoms. The van der Waals surface area contributed by atoms with Crippen LogP contribution in [0.25, 0.3) is 0 Å². The number of carboxylic acids is 1. The maximum atomic E-state index is 12.1. The summed E-state index contributed by atoms with van der Waals surface area (Å²) >= 11 is 0. The van der Waals surface area contributed by atoms with Gasteiger partial charge in [0.15, 0.2) is 0 Å². The van der Waals surface area contributed by atoms with E-state index in [4.69, 9.17) is 5.11 Å². The SMILES string of the molecule is O=C(O)CC(NC(=O)C(F)F)c1ccccc1. The van der Waals surface area contributed by atoms with Gasteiger partial charge in [-0.05, 0) is 5.56 Å². The van der Waals surface area contributed by atoms with Crippen LogP contribution in [0.3, 0.4) is 0 Å². The molecule has 92 valence electrons. The Balaban J connectivity index is 2.81. The van der Waals surface area contributed by atoms with Crippen molar-refractivity contribution in [1.29, 1.82) is 0 Å². The molecule has 0 aliphatic heterocycles. The summed E-state index contributed by atoms with van der Waals surface area (Å²) in [6, 6.07) is 7.17. The van der Waals surface area contributed by atoms with Crippen molar-refractivity contribution < 1.29 is 23.5 Å². The van der Waals surface area contributed by atoms with Gasteiger partial charge in [0, 0.05) is 0 Å². The number of hydrogen-bond donors (Lipinski definition) is 2. The molecule has 2 N–H and O–H groups in total. The minimum absolute atomic E-state index is 0.442. The number of benzene rings is 1. The number of amides is 1. The molecule has 6 heteroatoms. The predicted octanol–water partition coefficient (Wildman–Crippen LogP) is 1.58. The van der Waals surface area contributed by atoms with Gasteiger partial charge in [0.05, 0.1) is 12.5 Å². The number of carbonyl (C=O) groups is 2. The Bertz CT molecular complexity index is 395. The van der Waals surface area contributed by atoms with Gasteiger partial charge in [-0.3, -0.25) is 9.59 Å². The lowest BCUT2D eigenvalue weighted by Gasteiger charge is -2.16. The third-order valence-corrected chi connectivity index (χ3v) is 2.10. The number of carboxylic acid groups (broad SMARTS) is 1. The topological polar surface area (TPSA) is 66.4 Å². The average Bonchev–Trinajstić information content (AvgIpc) is 2.28. The molecule has 0 aliphatic rings. The Labute approximate surface area is 96.3 Å². The van der Waals surface area contributed by atoms with Crippen molar-refractivity contribution in [2.45, 2.75) is 18.9 Å². The molecule has 0 heterocycles. The van der Waals surface area contributed by atoms with Gasteiger partial charge in [0.1, 0.15) is 0 Å². The molecule has 0 fully saturated rings. The first-order valence-corrected chi connectivity index (χ1v) is 4.86. The quantitative estimate of drug-likeness (QED) is 0.825. The molecule has 1 aromatic carbocycles. The standard InChI is InChI=1S/C11H11F2NO3/c12-10(13)11(17)14-8(6-9(15)16)7-4-2-1-3-5-7/h1-5,8,10H,6H2,(H,14,17)(H,15,16). The minimum Gasteiger partial charge on any atom is -0.481 e. The highest BCUT2D eigenvalue weighted by atomic mass is 19.3. The van der Waals surface area contributed by atoms with Crippen molar-refractivity contribution in [3.63, 3.8) is 0 Å². The van der Waals surface area contributed by atoms with Gasteiger partial charge in [-0.2, -0.15) is 8.78 Å². The zero-order chi connectivity index (χ0) is 12.8. The summed E-state index contributed by atoms with van der Waals surface area (Å²) in [5.74, 6) is -2.64. The first-order chi connectivity index (χ1) is 8.00. The van der Waals surface area contributed by atoms with Gasteiger partial charge < -0.3 is 10.4 Å². The largest absolute Gasteiger partial charge is 0.481 e. The number of aliphatic carboxylic acids is 1. The Morgan fingerprint density at radius 3 is 2.29 bits per heavy atom. The van der Waals surface area contributed by atoms with E-state index in [0.717, 1.165) is 0 Å². The van der Waals surface area contributed by atoms with Gasteiger partial charge in [-0.15, -0.1) is 0 Å². The van der Waals surface area contributed by atoms with Crippen LogP contribution in [0.4, 0.5) is 8.78 Å². The van der Waals surface area contributed by atoms with Crippen molar-refractivity contribution in [1.82, 2.24) is 5.32 Å². The van der Waals surface area contributed by atoms with Crippen molar-refractivity contribution in [2.75, 3.05) is 0 Å². The van der Waals surface area contributed by atoms with Crippen LogP contribution < -0.4 is 5.32 Å². The van der Waals surface area contributed by atoms with Gasteiger partial charge in [0.25, 0.3) is 5.91 Å². The van der Waals surface area contributed by atoms with Crippen LogP contribution in [0, 0.1) is 0 Å². The zero-order valence-electron chi connectivity index (χ0n) is 8.77. The molecule has 17 heavy (non-hydrogen) atoms. The Morgan fingerprint density at radius 2 is 1.82 bits per heavy atom. The lowest BCUT2D eigenvalue weighted by Crippen LogP contribution is -2.34. The van der Waals surface area contributed by atoms with Gasteiger partial charge in [-0.1, -0.05) is 30.3 Å². The van der Waals surface area contributed by atoms with E-state index in [1.165, 1.54) is 0 Å². The van der Waals surface area contributed by atoms with Crippen LogP contribution in [-0.2, 0) is 9.59 Å². The average molecular weight is 243 g/mol. The fourth-order valence-corrected chi connectivity index (χ4v) is 1.35. The summed E-state index contributed by atoms with van der Waals surface area (Å²) in [7, 11) is 0. The fourth-order valence-electron chi connectivity index (χ4n) is 1.35. The molecule has 0 bridgehead atoms. The van der Waals surface area contributed by atoms with Gasteiger partial charge >= 0.3 is 12.4 Å². The number of halogens is 2. The number of rotatable bonds is 5. The molecule has 0 aromatic heterocycles. The monoisotopic (exact) mass is 243 g/mol. The molecule has 1 rings (SSSR count). The normalized spacial score (nSPS) is 12.2. The van der Waals surface area contributed by atoms with E-state index < -0.39 is 30.8 Å². The number of alkyl halides is 2. The Kier molecular flexibility index (Phi) is 4.56. The van der Waals surface area contributed by atoms with Gasteiger partial charge in [-0.25, -0.2) is 0 Å². The van der Waals surface area contributed by atoms with Crippen LogP contribution in [0.1, 0.15) is 18.0 Å². The molecule has 4 nitrogen and oxygen atoms in total. The third-order valence-electron chi connectivity index (χ3n) is 2.10. The minimum atomic E-state index is -3.16. The number of nitrogens with one attached hydrogen (secondary N) is 1. The zero-order valence-corrected chi connectivity index (χ0v) is 8.77. The molecule has 0 saturated heterocycles. The second-order valence-electron chi connectivity index (χ2n) is 3.37. The smallest absolute Gasteiger partial charge is 0.315 e. The molecule has 1 aromatic rings. The highest BCUT2D eigenvalue weighted by Gasteiger charge is 2.22. The molecule has 0 radical (unpaired) electrons. The van der Waals surface area contributed by atoms with Crippen molar-refractivity contribution in [3.05, 3.63) is 35.9 Å².